The Morgan fingerprint density at radius 1 is 0.268 bits per heavy atom. The van der Waals surface area contributed by atoms with Gasteiger partial charge in [-0.2, -0.15) is 0 Å². The number of ether oxygens (including phenoxy) is 9. The highest BCUT2D eigenvalue weighted by Gasteiger charge is 2.51. The second-order valence-electron chi connectivity index (χ2n) is 14.1. The Kier molecular flexibility index (Phi) is 16.1. The summed E-state index contributed by atoms with van der Waals surface area (Å²) in [7, 11) is 0. The molecular weight excluding hydrogens is 776 g/mol. The van der Waals surface area contributed by atoms with E-state index in [0.29, 0.717) is 0 Å². The van der Waals surface area contributed by atoms with Crippen LogP contribution in [-0.4, -0.2) is 273 Å². The van der Waals surface area contributed by atoms with Crippen molar-refractivity contribution in [3.05, 3.63) is 0 Å². The van der Waals surface area contributed by atoms with E-state index >= 15 is 0 Å². The molecule has 0 aromatic carbocycles. The maximum Gasteiger partial charge on any atom is 0.186 e. The van der Waals surface area contributed by atoms with Gasteiger partial charge in [0.05, 0.1) is 33.0 Å². The molecule has 10 unspecified atom stereocenters. The van der Waals surface area contributed by atoms with E-state index in [1.54, 1.807) is 0 Å². The predicted octanol–water partition coefficient (Wildman–Crippen LogP) is -11.9. The first-order chi connectivity index (χ1) is 26.4. The van der Waals surface area contributed by atoms with Crippen molar-refractivity contribution in [3.8, 4) is 0 Å². The third kappa shape index (κ3) is 9.77. The van der Waals surface area contributed by atoms with Gasteiger partial charge < -0.3 is 129 Å². The fourth-order valence-electron chi connectivity index (χ4n) is 6.61. The highest BCUT2D eigenvalue weighted by molar-refractivity contribution is 4.95. The molecule has 0 radical (unpaired) electrons. The summed E-state index contributed by atoms with van der Waals surface area (Å²) in [5.41, 5.74) is 0. The molecule has 26 heteroatoms. The second kappa shape index (κ2) is 19.6. The molecule has 0 spiro atoms. The lowest BCUT2D eigenvalue weighted by molar-refractivity contribution is -0.350. The van der Waals surface area contributed by atoms with Crippen LogP contribution in [0.4, 0.5) is 0 Å². The molecule has 17 N–H and O–H groups in total. The molecule has 25 atom stereocenters. The van der Waals surface area contributed by atoms with E-state index in [4.69, 9.17) is 42.6 Å². The Hall–Kier alpha value is -1.04. The Bertz CT molecular complexity index is 1210. The largest absolute Gasteiger partial charge is 0.394 e. The summed E-state index contributed by atoms with van der Waals surface area (Å²) in [5.74, 6) is 0. The molecule has 0 amide bonds. The standard InChI is InChI=1S/C30H52O26/c31-1-6-11(32)17(38)22(43)27(53-6)49-3-8-13(34)19(40)24(45)29(55-8)51-5-10-15(36)20(41)25(46)30(56-10)50-4-9-14(35)18(39)23(44)28(54-9)48-2-7-12(33)16(37)21(42)26(47)52-7/h6-47H,1-5H2/t6?,7?,8?,9?,10?,11-,12-,13-,14-,15-,16?,17?,18?,19?,20?,21+,22+,23+,24+,25+,26-,27+,28+,29+,30+/m1/s1. The van der Waals surface area contributed by atoms with Gasteiger partial charge >= 0.3 is 0 Å². The smallest absolute Gasteiger partial charge is 0.186 e. The predicted molar refractivity (Wildman–Crippen MR) is 167 cm³/mol. The van der Waals surface area contributed by atoms with Crippen LogP contribution in [0.5, 0.6) is 0 Å². The van der Waals surface area contributed by atoms with E-state index in [1.807, 2.05) is 0 Å². The van der Waals surface area contributed by atoms with Gasteiger partial charge in [0.25, 0.3) is 0 Å². The van der Waals surface area contributed by atoms with Crippen LogP contribution in [0.1, 0.15) is 0 Å². The lowest BCUT2D eigenvalue weighted by Crippen LogP contribution is -2.63. The number of aliphatic hydroxyl groups is 17. The van der Waals surface area contributed by atoms with Crippen molar-refractivity contribution in [1.29, 1.82) is 0 Å². The highest BCUT2D eigenvalue weighted by atomic mass is 16.8. The van der Waals surface area contributed by atoms with Gasteiger partial charge in [-0.25, -0.2) is 0 Å². The molecule has 5 rings (SSSR count). The zero-order chi connectivity index (χ0) is 41.3. The maximum atomic E-state index is 10.6. The van der Waals surface area contributed by atoms with Crippen molar-refractivity contribution in [2.45, 2.75) is 154 Å². The molecule has 5 aliphatic heterocycles. The van der Waals surface area contributed by atoms with Crippen molar-refractivity contribution in [3.63, 3.8) is 0 Å². The molecule has 0 bridgehead atoms. The molecule has 56 heavy (non-hydrogen) atoms. The van der Waals surface area contributed by atoms with Gasteiger partial charge in [-0.1, -0.05) is 0 Å². The summed E-state index contributed by atoms with van der Waals surface area (Å²) < 4.78 is 48.5. The average Bonchev–Trinajstić information content (AvgIpc) is 3.18. The van der Waals surface area contributed by atoms with Gasteiger partial charge in [-0.05, 0) is 0 Å². The topological polar surface area (TPSA) is 427 Å². The zero-order valence-electron chi connectivity index (χ0n) is 29.2. The van der Waals surface area contributed by atoms with Gasteiger partial charge in [0.15, 0.2) is 31.5 Å². The minimum Gasteiger partial charge on any atom is -0.394 e. The molecule has 0 aromatic rings. The lowest BCUT2D eigenvalue weighted by Gasteiger charge is -2.44. The Morgan fingerprint density at radius 3 is 0.786 bits per heavy atom. The van der Waals surface area contributed by atoms with E-state index in [0.717, 1.165) is 0 Å². The Morgan fingerprint density at radius 2 is 0.500 bits per heavy atom. The highest BCUT2D eigenvalue weighted by Crippen LogP contribution is 2.30. The van der Waals surface area contributed by atoms with Crippen LogP contribution in [0.2, 0.25) is 0 Å². The van der Waals surface area contributed by atoms with Crippen molar-refractivity contribution in [2.75, 3.05) is 33.0 Å². The third-order valence-corrected chi connectivity index (χ3v) is 10.2. The summed E-state index contributed by atoms with van der Waals surface area (Å²) in [5, 5.41) is 173. The summed E-state index contributed by atoms with van der Waals surface area (Å²) in [4.78, 5) is 0. The first kappa shape index (κ1) is 46.0. The summed E-state index contributed by atoms with van der Waals surface area (Å²) in [6.07, 6.45) is -44.0. The summed E-state index contributed by atoms with van der Waals surface area (Å²) in [6, 6.07) is 0. The van der Waals surface area contributed by atoms with Crippen molar-refractivity contribution < 1.29 is 129 Å². The number of rotatable bonds is 13. The molecule has 26 nitrogen and oxygen atoms in total. The fourth-order valence-corrected chi connectivity index (χ4v) is 6.61. The van der Waals surface area contributed by atoms with Crippen molar-refractivity contribution >= 4 is 0 Å². The van der Waals surface area contributed by atoms with Gasteiger partial charge in [0, 0.05) is 0 Å². The number of hydrogen-bond acceptors (Lipinski definition) is 26. The minimum atomic E-state index is -1.96. The quantitative estimate of drug-likeness (QED) is 0.0819. The van der Waals surface area contributed by atoms with Crippen LogP contribution >= 0.6 is 0 Å². The molecule has 5 heterocycles. The van der Waals surface area contributed by atoms with Crippen LogP contribution in [0.25, 0.3) is 0 Å². The third-order valence-electron chi connectivity index (χ3n) is 10.2. The average molecular weight is 829 g/mol. The molecule has 0 saturated carbocycles. The Balaban J connectivity index is 1.15. The number of hydrogen-bond donors (Lipinski definition) is 17. The fraction of sp³-hybridized carbons (Fsp3) is 1.00. The molecule has 0 aromatic heterocycles. The molecule has 328 valence electrons. The summed E-state index contributed by atoms with van der Waals surface area (Å²) in [6.45, 7) is -3.57. The molecule has 5 aliphatic rings. The number of aliphatic hydroxyl groups excluding tert-OH is 17. The molecule has 5 saturated heterocycles. The monoisotopic (exact) mass is 828 g/mol. The molecule has 0 aliphatic carbocycles. The molecular formula is C30H52O26. The van der Waals surface area contributed by atoms with Gasteiger partial charge in [0.2, 0.25) is 0 Å². The van der Waals surface area contributed by atoms with E-state index in [1.165, 1.54) is 0 Å². The normalized spacial score (nSPS) is 53.2. The van der Waals surface area contributed by atoms with Crippen LogP contribution in [0.15, 0.2) is 0 Å². The van der Waals surface area contributed by atoms with Crippen molar-refractivity contribution in [1.82, 2.24) is 0 Å². The van der Waals surface area contributed by atoms with Crippen LogP contribution in [-0.2, 0) is 42.6 Å². The van der Waals surface area contributed by atoms with E-state index in [-0.39, 0.29) is 0 Å². The maximum absolute atomic E-state index is 10.6. The first-order valence-electron chi connectivity index (χ1n) is 17.6. The summed E-state index contributed by atoms with van der Waals surface area (Å²) >= 11 is 0. The first-order valence-corrected chi connectivity index (χ1v) is 17.6. The van der Waals surface area contributed by atoms with E-state index in [9.17, 15) is 86.8 Å². The Labute approximate surface area is 316 Å². The zero-order valence-corrected chi connectivity index (χ0v) is 29.2. The van der Waals surface area contributed by atoms with Gasteiger partial charge in [-0.15, -0.1) is 0 Å². The lowest BCUT2D eigenvalue weighted by atomic mass is 9.97. The second-order valence-corrected chi connectivity index (χ2v) is 14.1. The SMILES string of the molecule is OCC1O[C@H](OCC2O[C@H](OCC3O[C@H](OCC4O[C@H](OCC5O[C@@H](O)[C@@H](O)C(O)[C@@H]5O)[C@@H](O)C(O)[C@@H]4O)[C@@H](O)C(O)[C@@H]3O)[C@@H](O)C(O)[C@@H]2O)[C@@H](O)C(O)[C@@H]1O. The molecule has 5 fully saturated rings. The van der Waals surface area contributed by atoms with Crippen LogP contribution in [0, 0.1) is 0 Å². The van der Waals surface area contributed by atoms with Gasteiger partial charge in [-0.3, -0.25) is 0 Å². The van der Waals surface area contributed by atoms with Crippen LogP contribution < -0.4 is 0 Å². The minimum absolute atomic E-state index is 0.669. The van der Waals surface area contributed by atoms with Crippen molar-refractivity contribution in [2.24, 2.45) is 0 Å². The van der Waals surface area contributed by atoms with Crippen LogP contribution in [0.3, 0.4) is 0 Å². The van der Waals surface area contributed by atoms with E-state index < -0.39 is 187 Å². The van der Waals surface area contributed by atoms with Gasteiger partial charge in [0.1, 0.15) is 122 Å². The van der Waals surface area contributed by atoms with E-state index in [2.05, 4.69) is 0 Å².